The molecule has 158 valence electrons. The molecule has 1 atom stereocenters. The number of furan rings is 1. The number of carbonyl (C=O) groups excluding carboxylic acids is 1. The van der Waals surface area contributed by atoms with E-state index in [9.17, 15) is 13.2 Å². The smallest absolute Gasteiger partial charge is 0.276 e. The first-order valence-electron chi connectivity index (χ1n) is 10.1. The lowest BCUT2D eigenvalue weighted by molar-refractivity contribution is -0.138. The third-order valence-corrected chi connectivity index (χ3v) is 7.55. The molecular weight excluding hydrogens is 394 g/mol. The van der Waals surface area contributed by atoms with Crippen molar-refractivity contribution in [2.75, 3.05) is 45.8 Å². The van der Waals surface area contributed by atoms with Crippen LogP contribution < -0.4 is 0 Å². The van der Waals surface area contributed by atoms with Gasteiger partial charge in [-0.15, -0.1) is 0 Å². The van der Waals surface area contributed by atoms with Crippen molar-refractivity contribution in [3.8, 4) is 11.5 Å². The maximum Gasteiger partial charge on any atom is 0.276 e. The number of nitrogens with one attached hydrogen (secondary N) is 1. The highest BCUT2D eigenvalue weighted by Crippen LogP contribution is 2.28. The Hall–Kier alpha value is -2.17. The Morgan fingerprint density at radius 2 is 2.00 bits per heavy atom. The number of piperazine rings is 1. The van der Waals surface area contributed by atoms with E-state index in [2.05, 4.69) is 22.0 Å². The number of H-pyrrole nitrogens is 1. The van der Waals surface area contributed by atoms with E-state index in [1.165, 1.54) is 10.4 Å². The third kappa shape index (κ3) is 4.10. The summed E-state index contributed by atoms with van der Waals surface area (Å²) in [6, 6.07) is 4.78. The van der Waals surface area contributed by atoms with Crippen LogP contribution in [0.2, 0.25) is 0 Å². The number of likely N-dealkylation sites (N-methyl/N-ethyl adjacent to an activating group) is 1. The van der Waals surface area contributed by atoms with Gasteiger partial charge >= 0.3 is 0 Å². The summed E-state index contributed by atoms with van der Waals surface area (Å²) >= 11 is 0. The van der Waals surface area contributed by atoms with Crippen LogP contribution in [0.5, 0.6) is 0 Å². The highest BCUT2D eigenvalue weighted by atomic mass is 32.2. The predicted molar refractivity (Wildman–Crippen MR) is 106 cm³/mol. The molecule has 10 heteroatoms. The van der Waals surface area contributed by atoms with Crippen molar-refractivity contribution in [3.63, 3.8) is 0 Å². The molecule has 0 radical (unpaired) electrons. The number of aromatic nitrogens is 2. The van der Waals surface area contributed by atoms with Gasteiger partial charge in [0.2, 0.25) is 11.0 Å². The van der Waals surface area contributed by atoms with Gasteiger partial charge in [0.15, 0.2) is 5.76 Å². The summed E-state index contributed by atoms with van der Waals surface area (Å²) in [5.74, 6) is 0.187. The fraction of sp³-hybridized carbons (Fsp3) is 0.579. The van der Waals surface area contributed by atoms with E-state index in [-0.39, 0.29) is 23.5 Å². The summed E-state index contributed by atoms with van der Waals surface area (Å²) in [6.07, 6.45) is 2.96. The number of sulfonamides is 1. The maximum atomic E-state index is 13.1. The van der Waals surface area contributed by atoms with Gasteiger partial charge in [-0.05, 0) is 37.6 Å². The molecule has 2 saturated heterocycles. The number of amides is 1. The standard InChI is InChI=1S/C19H27N5O4S/c1-2-22-10-12-23(13-11-22)19(25)15-4-3-9-24(14-15)29(26,27)18-6-5-17(28-18)16-7-8-20-21-16/h5-8,15H,2-4,9-14H2,1H3,(H,20,21)/t15-/m1/s1. The first-order valence-corrected chi connectivity index (χ1v) is 11.5. The van der Waals surface area contributed by atoms with Crippen molar-refractivity contribution in [2.24, 2.45) is 5.92 Å². The molecule has 0 aromatic carbocycles. The molecular formula is C19H27N5O4S. The average molecular weight is 422 g/mol. The number of carbonyl (C=O) groups is 1. The van der Waals surface area contributed by atoms with Gasteiger partial charge in [0.25, 0.3) is 10.0 Å². The molecule has 0 saturated carbocycles. The lowest BCUT2D eigenvalue weighted by Crippen LogP contribution is -2.52. The molecule has 1 N–H and O–H groups in total. The van der Waals surface area contributed by atoms with E-state index < -0.39 is 10.0 Å². The van der Waals surface area contributed by atoms with Gasteiger partial charge in [-0.3, -0.25) is 9.89 Å². The fourth-order valence-corrected chi connectivity index (χ4v) is 5.46. The highest BCUT2D eigenvalue weighted by molar-refractivity contribution is 7.89. The third-order valence-electron chi connectivity index (χ3n) is 5.81. The van der Waals surface area contributed by atoms with Crippen LogP contribution in [0.3, 0.4) is 0 Å². The van der Waals surface area contributed by atoms with Crippen molar-refractivity contribution < 1.29 is 17.6 Å². The highest BCUT2D eigenvalue weighted by Gasteiger charge is 2.37. The largest absolute Gasteiger partial charge is 0.442 e. The van der Waals surface area contributed by atoms with Gasteiger partial charge < -0.3 is 14.2 Å². The molecule has 4 rings (SSSR count). The van der Waals surface area contributed by atoms with Crippen molar-refractivity contribution in [2.45, 2.75) is 24.9 Å². The molecule has 2 aromatic heterocycles. The Kier molecular flexibility index (Phi) is 5.75. The van der Waals surface area contributed by atoms with Crippen LogP contribution in [0, 0.1) is 5.92 Å². The molecule has 2 aromatic rings. The summed E-state index contributed by atoms with van der Waals surface area (Å²) in [5.41, 5.74) is 0.615. The molecule has 2 aliphatic heterocycles. The molecule has 0 spiro atoms. The minimum atomic E-state index is -3.79. The van der Waals surface area contributed by atoms with Gasteiger partial charge in [0, 0.05) is 45.5 Å². The van der Waals surface area contributed by atoms with Crippen LogP contribution in [0.15, 0.2) is 33.9 Å². The minimum Gasteiger partial charge on any atom is -0.442 e. The van der Waals surface area contributed by atoms with Crippen LogP contribution in [0.1, 0.15) is 19.8 Å². The Morgan fingerprint density at radius 3 is 2.69 bits per heavy atom. The van der Waals surface area contributed by atoms with Crippen molar-refractivity contribution in [1.29, 1.82) is 0 Å². The first kappa shape index (κ1) is 20.1. The molecule has 0 bridgehead atoms. The Bertz CT molecular complexity index is 932. The normalized spacial score (nSPS) is 22.1. The Morgan fingerprint density at radius 1 is 1.21 bits per heavy atom. The predicted octanol–water partition coefficient (Wildman–Crippen LogP) is 1.23. The van der Waals surface area contributed by atoms with Gasteiger partial charge in [0.05, 0.1) is 5.92 Å². The van der Waals surface area contributed by atoms with Crippen LogP contribution in [-0.2, 0) is 14.8 Å². The first-order chi connectivity index (χ1) is 14.0. The molecule has 1 amide bonds. The lowest BCUT2D eigenvalue weighted by atomic mass is 9.98. The molecule has 0 unspecified atom stereocenters. The molecule has 29 heavy (non-hydrogen) atoms. The summed E-state index contributed by atoms with van der Waals surface area (Å²) < 4.78 is 33.1. The number of hydrogen-bond acceptors (Lipinski definition) is 6. The monoisotopic (exact) mass is 421 g/mol. The summed E-state index contributed by atoms with van der Waals surface area (Å²) in [5, 5.41) is 6.51. The van der Waals surface area contributed by atoms with Crippen LogP contribution in [0.25, 0.3) is 11.5 Å². The zero-order chi connectivity index (χ0) is 20.4. The quantitative estimate of drug-likeness (QED) is 0.779. The minimum absolute atomic E-state index is 0.0678. The van der Waals surface area contributed by atoms with E-state index in [1.807, 2.05) is 4.90 Å². The van der Waals surface area contributed by atoms with E-state index in [0.29, 0.717) is 37.5 Å². The van der Waals surface area contributed by atoms with Crippen LogP contribution in [-0.4, -0.2) is 84.4 Å². The van der Waals surface area contributed by atoms with Crippen LogP contribution >= 0.6 is 0 Å². The molecule has 4 heterocycles. The van der Waals surface area contributed by atoms with E-state index in [0.717, 1.165) is 26.1 Å². The number of rotatable bonds is 5. The van der Waals surface area contributed by atoms with E-state index in [4.69, 9.17) is 4.42 Å². The Labute approximate surface area is 170 Å². The second kappa shape index (κ2) is 8.29. The summed E-state index contributed by atoms with van der Waals surface area (Å²) in [4.78, 5) is 17.2. The zero-order valence-electron chi connectivity index (χ0n) is 16.6. The van der Waals surface area contributed by atoms with Crippen LogP contribution in [0.4, 0.5) is 0 Å². The number of hydrogen-bond donors (Lipinski definition) is 1. The SMILES string of the molecule is CCN1CCN(C(=O)[C@@H]2CCCN(S(=O)(=O)c3ccc(-c4ccn[nH]4)o3)C2)CC1. The average Bonchev–Trinajstić information content (AvgIpc) is 3.45. The van der Waals surface area contributed by atoms with Gasteiger partial charge in [-0.1, -0.05) is 6.92 Å². The maximum absolute atomic E-state index is 13.1. The molecule has 2 aliphatic rings. The van der Waals surface area contributed by atoms with Gasteiger partial charge in [0.1, 0.15) is 5.69 Å². The second-order valence-electron chi connectivity index (χ2n) is 7.55. The number of nitrogens with zero attached hydrogens (tertiary/aromatic N) is 4. The molecule has 9 nitrogen and oxygen atoms in total. The molecule has 0 aliphatic carbocycles. The van der Waals surface area contributed by atoms with Crippen molar-refractivity contribution in [3.05, 3.63) is 24.4 Å². The number of piperidine rings is 1. The molecule has 2 fully saturated rings. The summed E-state index contributed by atoms with van der Waals surface area (Å²) in [7, 11) is -3.79. The van der Waals surface area contributed by atoms with Gasteiger partial charge in [-0.2, -0.15) is 9.40 Å². The van der Waals surface area contributed by atoms with Gasteiger partial charge in [-0.25, -0.2) is 8.42 Å². The van der Waals surface area contributed by atoms with E-state index in [1.54, 1.807) is 18.3 Å². The van der Waals surface area contributed by atoms with E-state index >= 15 is 0 Å². The van der Waals surface area contributed by atoms with Crippen molar-refractivity contribution in [1.82, 2.24) is 24.3 Å². The van der Waals surface area contributed by atoms with Crippen molar-refractivity contribution >= 4 is 15.9 Å². The summed E-state index contributed by atoms with van der Waals surface area (Å²) in [6.45, 7) is 6.88. The second-order valence-corrected chi connectivity index (χ2v) is 9.42. The number of aromatic amines is 1. The lowest BCUT2D eigenvalue weighted by Gasteiger charge is -2.38. The fourth-order valence-electron chi connectivity index (χ4n) is 4.03. The topological polar surface area (TPSA) is 103 Å². The Balaban J connectivity index is 1.44. The zero-order valence-corrected chi connectivity index (χ0v) is 17.4.